The van der Waals surface area contributed by atoms with Gasteiger partial charge in [-0.1, -0.05) is 31.5 Å². The van der Waals surface area contributed by atoms with Gasteiger partial charge in [0.2, 0.25) is 0 Å². The molecule has 0 amide bonds. The molecule has 0 radical (unpaired) electrons. The van der Waals surface area contributed by atoms with Gasteiger partial charge in [-0.2, -0.15) is 0 Å². The van der Waals surface area contributed by atoms with Crippen LogP contribution in [-0.2, 0) is 0 Å². The van der Waals surface area contributed by atoms with Gasteiger partial charge >= 0.3 is 0 Å². The van der Waals surface area contributed by atoms with Crippen LogP contribution in [0.15, 0.2) is 36.7 Å². The lowest BCUT2D eigenvalue weighted by Crippen LogP contribution is -2.28. The van der Waals surface area contributed by atoms with Gasteiger partial charge < -0.3 is 5.73 Å². The predicted molar refractivity (Wildman–Crippen MR) is 80.0 cm³/mol. The molecule has 2 nitrogen and oxygen atoms in total. The second kappa shape index (κ2) is 5.30. The number of nitrogens with zero attached hydrogens (tertiary/aromatic N) is 1. The van der Waals surface area contributed by atoms with Crippen LogP contribution in [0.1, 0.15) is 37.7 Å². The van der Waals surface area contributed by atoms with Gasteiger partial charge in [-0.3, -0.25) is 4.98 Å². The van der Waals surface area contributed by atoms with Crippen LogP contribution in [-0.4, -0.2) is 11.5 Å². The zero-order valence-corrected chi connectivity index (χ0v) is 11.5. The SMILES string of the molecule is CC1CCC(CN)C(c2cccc3ccncc23)C1. The fourth-order valence-electron chi connectivity index (χ4n) is 3.57. The van der Waals surface area contributed by atoms with Gasteiger partial charge in [-0.25, -0.2) is 0 Å². The number of nitrogens with two attached hydrogens (primary N) is 1. The van der Waals surface area contributed by atoms with Gasteiger partial charge in [0, 0.05) is 17.8 Å². The minimum atomic E-state index is 0.599. The van der Waals surface area contributed by atoms with Crippen LogP contribution in [0.25, 0.3) is 10.8 Å². The Balaban J connectivity index is 2.06. The molecule has 0 spiro atoms. The Hall–Kier alpha value is -1.41. The van der Waals surface area contributed by atoms with E-state index in [1.807, 2.05) is 12.4 Å². The summed E-state index contributed by atoms with van der Waals surface area (Å²) in [6.07, 6.45) is 7.73. The monoisotopic (exact) mass is 254 g/mol. The van der Waals surface area contributed by atoms with Gasteiger partial charge in [0.15, 0.2) is 0 Å². The molecule has 100 valence electrons. The highest BCUT2D eigenvalue weighted by atomic mass is 14.6. The summed E-state index contributed by atoms with van der Waals surface area (Å²) < 4.78 is 0. The van der Waals surface area contributed by atoms with E-state index in [9.17, 15) is 0 Å². The van der Waals surface area contributed by atoms with Crippen LogP contribution < -0.4 is 5.73 Å². The van der Waals surface area contributed by atoms with Crippen molar-refractivity contribution in [2.24, 2.45) is 17.6 Å². The van der Waals surface area contributed by atoms with E-state index in [0.29, 0.717) is 11.8 Å². The van der Waals surface area contributed by atoms with Crippen LogP contribution in [0.4, 0.5) is 0 Å². The lowest BCUT2D eigenvalue weighted by molar-refractivity contribution is 0.255. The molecule has 2 heteroatoms. The van der Waals surface area contributed by atoms with Gasteiger partial charge in [0.1, 0.15) is 0 Å². The molecule has 1 aromatic carbocycles. The summed E-state index contributed by atoms with van der Waals surface area (Å²) in [5.41, 5.74) is 7.46. The van der Waals surface area contributed by atoms with Crippen LogP contribution in [0, 0.1) is 11.8 Å². The number of pyridine rings is 1. The Kier molecular flexibility index (Phi) is 3.52. The topological polar surface area (TPSA) is 38.9 Å². The van der Waals surface area contributed by atoms with Crippen LogP contribution in [0.5, 0.6) is 0 Å². The van der Waals surface area contributed by atoms with E-state index in [1.165, 1.54) is 35.6 Å². The molecule has 2 aromatic rings. The molecule has 1 aliphatic rings. The first kappa shape index (κ1) is 12.6. The second-order valence-electron chi connectivity index (χ2n) is 5.96. The number of hydrogen-bond donors (Lipinski definition) is 1. The molecule has 2 N–H and O–H groups in total. The van der Waals surface area contributed by atoms with E-state index in [-0.39, 0.29) is 0 Å². The maximum absolute atomic E-state index is 6.00. The van der Waals surface area contributed by atoms with E-state index < -0.39 is 0 Å². The number of aromatic nitrogens is 1. The molecule has 3 unspecified atom stereocenters. The maximum atomic E-state index is 6.00. The highest BCUT2D eigenvalue weighted by Crippen LogP contribution is 2.42. The maximum Gasteiger partial charge on any atom is 0.0349 e. The van der Waals surface area contributed by atoms with E-state index in [4.69, 9.17) is 5.73 Å². The summed E-state index contributed by atoms with van der Waals surface area (Å²) in [5.74, 6) is 2.03. The lowest BCUT2D eigenvalue weighted by atomic mass is 9.71. The Bertz CT molecular complexity index is 559. The van der Waals surface area contributed by atoms with Crippen molar-refractivity contribution in [1.82, 2.24) is 4.98 Å². The third kappa shape index (κ3) is 2.37. The molecule has 0 aliphatic heterocycles. The molecular weight excluding hydrogens is 232 g/mol. The highest BCUT2D eigenvalue weighted by molar-refractivity contribution is 5.85. The molecule has 1 aromatic heterocycles. The molecule has 3 rings (SSSR count). The smallest absolute Gasteiger partial charge is 0.0349 e. The van der Waals surface area contributed by atoms with Crippen molar-refractivity contribution >= 4 is 10.8 Å². The number of hydrogen-bond acceptors (Lipinski definition) is 2. The Morgan fingerprint density at radius 3 is 3.00 bits per heavy atom. The molecule has 19 heavy (non-hydrogen) atoms. The third-order valence-corrected chi connectivity index (χ3v) is 4.68. The molecular formula is C17H22N2. The minimum Gasteiger partial charge on any atom is -0.330 e. The summed E-state index contributed by atoms with van der Waals surface area (Å²) in [6, 6.07) is 8.71. The van der Waals surface area contributed by atoms with Crippen LogP contribution >= 0.6 is 0 Å². The molecule has 1 fully saturated rings. The summed E-state index contributed by atoms with van der Waals surface area (Å²) in [6.45, 7) is 3.16. The number of rotatable bonds is 2. The highest BCUT2D eigenvalue weighted by Gasteiger charge is 2.29. The molecule has 3 atom stereocenters. The van der Waals surface area contributed by atoms with E-state index in [2.05, 4.69) is 36.2 Å². The predicted octanol–water partition coefficient (Wildman–Crippen LogP) is 3.71. The van der Waals surface area contributed by atoms with Gasteiger partial charge in [-0.15, -0.1) is 0 Å². The van der Waals surface area contributed by atoms with E-state index >= 15 is 0 Å². The number of benzene rings is 1. The first-order valence-corrected chi connectivity index (χ1v) is 7.32. The fourth-order valence-corrected chi connectivity index (χ4v) is 3.57. The van der Waals surface area contributed by atoms with Gasteiger partial charge in [0.05, 0.1) is 0 Å². The van der Waals surface area contributed by atoms with Crippen LogP contribution in [0.3, 0.4) is 0 Å². The normalized spacial score (nSPS) is 27.6. The van der Waals surface area contributed by atoms with Crippen molar-refractivity contribution in [2.45, 2.75) is 32.1 Å². The Labute approximate surface area is 115 Å². The first-order valence-electron chi connectivity index (χ1n) is 7.32. The second-order valence-corrected chi connectivity index (χ2v) is 5.96. The summed E-state index contributed by atoms with van der Waals surface area (Å²) in [4.78, 5) is 4.31. The lowest BCUT2D eigenvalue weighted by Gasteiger charge is -2.35. The van der Waals surface area contributed by atoms with Crippen molar-refractivity contribution in [1.29, 1.82) is 0 Å². The molecule has 1 aliphatic carbocycles. The zero-order valence-electron chi connectivity index (χ0n) is 11.5. The van der Waals surface area contributed by atoms with Crippen molar-refractivity contribution in [2.75, 3.05) is 6.54 Å². The van der Waals surface area contributed by atoms with Crippen LogP contribution in [0.2, 0.25) is 0 Å². The Morgan fingerprint density at radius 1 is 1.26 bits per heavy atom. The average Bonchev–Trinajstić information content (AvgIpc) is 2.46. The summed E-state index contributed by atoms with van der Waals surface area (Å²) >= 11 is 0. The molecule has 0 bridgehead atoms. The quantitative estimate of drug-likeness (QED) is 0.887. The Morgan fingerprint density at radius 2 is 2.16 bits per heavy atom. The standard InChI is InChI=1S/C17H22N2/c1-12-5-6-14(10-18)16(9-12)15-4-2-3-13-7-8-19-11-17(13)15/h2-4,7-8,11-12,14,16H,5-6,9-10,18H2,1H3. The van der Waals surface area contributed by atoms with Gasteiger partial charge in [0.25, 0.3) is 0 Å². The minimum absolute atomic E-state index is 0.599. The number of fused-ring (bicyclic) bond motifs is 1. The molecule has 1 saturated carbocycles. The van der Waals surface area contributed by atoms with Crippen molar-refractivity contribution in [3.05, 3.63) is 42.2 Å². The van der Waals surface area contributed by atoms with Crippen molar-refractivity contribution in [3.8, 4) is 0 Å². The summed E-state index contributed by atoms with van der Waals surface area (Å²) in [7, 11) is 0. The first-order chi connectivity index (χ1) is 9.29. The third-order valence-electron chi connectivity index (χ3n) is 4.68. The van der Waals surface area contributed by atoms with Crippen molar-refractivity contribution < 1.29 is 0 Å². The van der Waals surface area contributed by atoms with Gasteiger partial charge in [-0.05, 0) is 54.2 Å². The molecule has 1 heterocycles. The van der Waals surface area contributed by atoms with E-state index in [1.54, 1.807) is 0 Å². The summed E-state index contributed by atoms with van der Waals surface area (Å²) in [5, 5.41) is 2.60. The largest absolute Gasteiger partial charge is 0.330 e. The zero-order chi connectivity index (χ0) is 13.2. The van der Waals surface area contributed by atoms with Crippen molar-refractivity contribution in [3.63, 3.8) is 0 Å². The molecule has 0 saturated heterocycles. The fraction of sp³-hybridized carbons (Fsp3) is 0.471. The average molecular weight is 254 g/mol. The van der Waals surface area contributed by atoms with E-state index in [0.717, 1.165) is 12.5 Å².